The second-order valence-corrected chi connectivity index (χ2v) is 8.31. The molecule has 0 radical (unpaired) electrons. The molecule has 5 rings (SSSR count). The molecule has 0 saturated carbocycles. The molecule has 156 valence electrons. The van der Waals surface area contributed by atoms with Crippen LogP contribution in [0, 0.1) is 19.7 Å². The summed E-state index contributed by atoms with van der Waals surface area (Å²) in [5.74, 6) is 0.653. The van der Waals surface area contributed by atoms with Crippen LogP contribution >= 0.6 is 0 Å². The minimum absolute atomic E-state index is 0.0479. The average molecular weight is 413 g/mol. The van der Waals surface area contributed by atoms with Gasteiger partial charge in [0.2, 0.25) is 5.91 Å². The van der Waals surface area contributed by atoms with Crippen molar-refractivity contribution in [2.75, 3.05) is 11.4 Å². The lowest BCUT2D eigenvalue weighted by molar-refractivity contribution is -0.117. The van der Waals surface area contributed by atoms with Gasteiger partial charge in [0, 0.05) is 30.1 Å². The Morgan fingerprint density at radius 2 is 1.77 bits per heavy atom. The Kier molecular flexibility index (Phi) is 4.81. The minimum Gasteiger partial charge on any atom is -0.323 e. The van der Waals surface area contributed by atoms with Crippen LogP contribution < -0.4 is 4.90 Å². The molecule has 1 aliphatic rings. The zero-order valence-corrected chi connectivity index (χ0v) is 17.7. The van der Waals surface area contributed by atoms with Gasteiger partial charge in [-0.25, -0.2) is 9.37 Å². The Morgan fingerprint density at radius 1 is 1.00 bits per heavy atom. The molecule has 1 aliphatic heterocycles. The predicted octanol–water partition coefficient (Wildman–Crippen LogP) is 5.36. The molecule has 3 aromatic carbocycles. The van der Waals surface area contributed by atoms with E-state index in [1.807, 2.05) is 41.3 Å². The van der Waals surface area contributed by atoms with Gasteiger partial charge in [0.15, 0.2) is 0 Å². The van der Waals surface area contributed by atoms with Gasteiger partial charge in [0.05, 0.1) is 17.6 Å². The van der Waals surface area contributed by atoms with Gasteiger partial charge < -0.3 is 9.47 Å². The molecule has 0 aliphatic carbocycles. The molecule has 0 spiro atoms. The summed E-state index contributed by atoms with van der Waals surface area (Å²) in [6, 6.07) is 20.8. The number of nitrogens with zero attached hydrogens (tertiary/aromatic N) is 3. The van der Waals surface area contributed by atoms with Gasteiger partial charge in [-0.1, -0.05) is 36.4 Å². The number of aryl methyl sites for hydroxylation is 2. The molecular formula is C26H24FN3O. The van der Waals surface area contributed by atoms with Crippen molar-refractivity contribution in [3.63, 3.8) is 0 Å². The maximum absolute atomic E-state index is 14.4. The van der Waals surface area contributed by atoms with E-state index in [0.29, 0.717) is 25.1 Å². The summed E-state index contributed by atoms with van der Waals surface area (Å²) in [6.07, 6.45) is 0.396. The van der Waals surface area contributed by atoms with Gasteiger partial charge in [-0.15, -0.1) is 0 Å². The van der Waals surface area contributed by atoms with Crippen molar-refractivity contribution < 1.29 is 9.18 Å². The molecule has 1 saturated heterocycles. The van der Waals surface area contributed by atoms with Gasteiger partial charge in [-0.3, -0.25) is 4.79 Å². The second kappa shape index (κ2) is 7.65. The number of hydrogen-bond donors (Lipinski definition) is 0. The van der Waals surface area contributed by atoms with Crippen LogP contribution in [0.25, 0.3) is 11.0 Å². The summed E-state index contributed by atoms with van der Waals surface area (Å²) in [6.45, 7) is 5.09. The zero-order chi connectivity index (χ0) is 21.5. The molecule has 5 heteroatoms. The molecule has 4 nitrogen and oxygen atoms in total. The lowest BCUT2D eigenvalue weighted by Gasteiger charge is -2.18. The van der Waals surface area contributed by atoms with E-state index in [-0.39, 0.29) is 17.6 Å². The number of benzene rings is 3. The first kappa shape index (κ1) is 19.5. The van der Waals surface area contributed by atoms with Crippen molar-refractivity contribution in [3.8, 4) is 0 Å². The van der Waals surface area contributed by atoms with E-state index in [4.69, 9.17) is 4.98 Å². The molecule has 4 aromatic rings. The number of anilines is 1. The van der Waals surface area contributed by atoms with Crippen LogP contribution in [0.4, 0.5) is 10.1 Å². The minimum atomic E-state index is -0.231. The van der Waals surface area contributed by atoms with E-state index in [1.165, 1.54) is 17.2 Å². The standard InChI is InChI=1S/C26H24FN3O/c1-17-11-12-21(13-18(17)2)29-16-20(14-25(29)31)26-28-23-9-5-6-10-24(23)30(26)15-19-7-3-4-8-22(19)27/h3-13,20H,14-16H2,1-2H3. The Bertz CT molecular complexity index is 1290. The van der Waals surface area contributed by atoms with Crippen molar-refractivity contribution in [2.24, 2.45) is 0 Å². The SMILES string of the molecule is Cc1ccc(N2CC(c3nc4ccccc4n3Cc3ccccc3F)CC2=O)cc1C. The monoisotopic (exact) mass is 413 g/mol. The first-order chi connectivity index (χ1) is 15.0. The van der Waals surface area contributed by atoms with Gasteiger partial charge >= 0.3 is 0 Å². The molecular weight excluding hydrogens is 389 g/mol. The third-order valence-corrected chi connectivity index (χ3v) is 6.26. The number of imidazole rings is 1. The Labute approximate surface area is 181 Å². The smallest absolute Gasteiger partial charge is 0.227 e. The Morgan fingerprint density at radius 3 is 2.58 bits per heavy atom. The van der Waals surface area contributed by atoms with E-state index in [2.05, 4.69) is 30.5 Å². The van der Waals surface area contributed by atoms with Crippen LogP contribution in [-0.4, -0.2) is 22.0 Å². The van der Waals surface area contributed by atoms with Crippen LogP contribution in [0.2, 0.25) is 0 Å². The predicted molar refractivity (Wildman–Crippen MR) is 121 cm³/mol. The molecule has 31 heavy (non-hydrogen) atoms. The highest BCUT2D eigenvalue weighted by molar-refractivity contribution is 5.96. The van der Waals surface area contributed by atoms with Crippen LogP contribution in [0.1, 0.15) is 34.9 Å². The van der Waals surface area contributed by atoms with Crippen LogP contribution in [-0.2, 0) is 11.3 Å². The lowest BCUT2D eigenvalue weighted by Crippen LogP contribution is -2.24. The maximum Gasteiger partial charge on any atom is 0.227 e. The molecule has 1 atom stereocenters. The van der Waals surface area contributed by atoms with E-state index in [9.17, 15) is 9.18 Å². The van der Waals surface area contributed by atoms with Crippen molar-refractivity contribution in [1.82, 2.24) is 9.55 Å². The first-order valence-electron chi connectivity index (χ1n) is 10.6. The summed E-state index contributed by atoms with van der Waals surface area (Å²) in [5.41, 5.74) is 5.73. The van der Waals surface area contributed by atoms with Crippen molar-refractivity contribution >= 4 is 22.6 Å². The summed E-state index contributed by atoms with van der Waals surface area (Å²) in [7, 11) is 0. The number of halogens is 1. The van der Waals surface area contributed by atoms with Gasteiger partial charge in [-0.05, 0) is 55.3 Å². The van der Waals surface area contributed by atoms with E-state index < -0.39 is 0 Å². The summed E-state index contributed by atoms with van der Waals surface area (Å²) < 4.78 is 16.5. The highest BCUT2D eigenvalue weighted by atomic mass is 19.1. The number of carbonyl (C=O) groups is 1. The normalized spacial score (nSPS) is 16.4. The van der Waals surface area contributed by atoms with Crippen LogP contribution in [0.3, 0.4) is 0 Å². The highest BCUT2D eigenvalue weighted by Crippen LogP contribution is 2.34. The topological polar surface area (TPSA) is 38.1 Å². The average Bonchev–Trinajstić information content (AvgIpc) is 3.32. The number of para-hydroxylation sites is 2. The van der Waals surface area contributed by atoms with Crippen molar-refractivity contribution in [3.05, 3.63) is 95.1 Å². The largest absolute Gasteiger partial charge is 0.323 e. The Hall–Kier alpha value is -3.47. The second-order valence-electron chi connectivity index (χ2n) is 8.31. The van der Waals surface area contributed by atoms with Gasteiger partial charge in [0.25, 0.3) is 0 Å². The molecule has 1 fully saturated rings. The van der Waals surface area contributed by atoms with E-state index in [1.54, 1.807) is 12.1 Å². The van der Waals surface area contributed by atoms with Crippen molar-refractivity contribution in [2.45, 2.75) is 32.7 Å². The number of hydrogen-bond acceptors (Lipinski definition) is 2. The van der Waals surface area contributed by atoms with Crippen LogP contribution in [0.15, 0.2) is 66.7 Å². The Balaban J connectivity index is 1.53. The number of aromatic nitrogens is 2. The van der Waals surface area contributed by atoms with Gasteiger partial charge in [-0.2, -0.15) is 0 Å². The molecule has 0 bridgehead atoms. The quantitative estimate of drug-likeness (QED) is 0.452. The molecule has 1 amide bonds. The summed E-state index contributed by atoms with van der Waals surface area (Å²) in [4.78, 5) is 19.6. The van der Waals surface area contributed by atoms with Gasteiger partial charge in [0.1, 0.15) is 11.6 Å². The lowest BCUT2D eigenvalue weighted by atomic mass is 10.1. The fourth-order valence-electron chi connectivity index (χ4n) is 4.39. The highest BCUT2D eigenvalue weighted by Gasteiger charge is 2.35. The molecule has 0 N–H and O–H groups in total. The third-order valence-electron chi connectivity index (χ3n) is 6.26. The maximum atomic E-state index is 14.4. The summed E-state index contributed by atoms with van der Waals surface area (Å²) >= 11 is 0. The van der Waals surface area contributed by atoms with Crippen LogP contribution in [0.5, 0.6) is 0 Å². The molecule has 1 aromatic heterocycles. The number of rotatable bonds is 4. The number of carbonyl (C=O) groups excluding carboxylic acids is 1. The molecule has 2 heterocycles. The fraction of sp³-hybridized carbons (Fsp3) is 0.231. The molecule has 1 unspecified atom stereocenters. The summed E-state index contributed by atoms with van der Waals surface area (Å²) in [5, 5.41) is 0. The zero-order valence-electron chi connectivity index (χ0n) is 17.7. The third kappa shape index (κ3) is 3.50. The first-order valence-corrected chi connectivity index (χ1v) is 10.6. The van der Waals surface area contributed by atoms with E-state index >= 15 is 0 Å². The number of amides is 1. The van der Waals surface area contributed by atoms with E-state index in [0.717, 1.165) is 22.5 Å². The van der Waals surface area contributed by atoms with Crippen molar-refractivity contribution in [1.29, 1.82) is 0 Å². The number of fused-ring (bicyclic) bond motifs is 1. The fourth-order valence-corrected chi connectivity index (χ4v) is 4.39.